The molecule has 0 unspecified atom stereocenters. The summed E-state index contributed by atoms with van der Waals surface area (Å²) in [5, 5.41) is 17.9. The second-order valence-corrected chi connectivity index (χ2v) is 6.52. The van der Waals surface area contributed by atoms with Crippen molar-refractivity contribution in [2.75, 3.05) is 5.32 Å². The molecule has 4 rings (SSSR count). The van der Waals surface area contributed by atoms with E-state index in [2.05, 4.69) is 15.4 Å². The van der Waals surface area contributed by atoms with Crippen LogP contribution in [-0.2, 0) is 0 Å². The minimum absolute atomic E-state index is 0.0661. The lowest BCUT2D eigenvalue weighted by Gasteiger charge is -2.04. The molecular weight excluding hydrogens is 336 g/mol. The van der Waals surface area contributed by atoms with Crippen molar-refractivity contribution in [2.24, 2.45) is 0 Å². The lowest BCUT2D eigenvalue weighted by molar-refractivity contribution is 0.102. The number of hydrogen-bond donors (Lipinski definition) is 2. The molecular formula is C18H14N4O2S. The van der Waals surface area contributed by atoms with Crippen molar-refractivity contribution in [2.45, 2.75) is 6.92 Å². The van der Waals surface area contributed by atoms with E-state index >= 15 is 0 Å². The van der Waals surface area contributed by atoms with E-state index in [1.165, 1.54) is 23.6 Å². The van der Waals surface area contributed by atoms with Gasteiger partial charge in [0.05, 0.1) is 16.3 Å². The summed E-state index contributed by atoms with van der Waals surface area (Å²) in [6.45, 7) is 1.92. The first-order valence-corrected chi connectivity index (χ1v) is 8.45. The zero-order chi connectivity index (χ0) is 17.4. The largest absolute Gasteiger partial charge is 0.504 e. The summed E-state index contributed by atoms with van der Waals surface area (Å²) in [6.07, 6.45) is 1.51. The molecule has 1 amide bonds. The second-order valence-electron chi connectivity index (χ2n) is 5.49. The fraction of sp³-hybridized carbons (Fsp3) is 0.0556. The van der Waals surface area contributed by atoms with E-state index < -0.39 is 0 Å². The second kappa shape index (κ2) is 6.03. The number of nitrogens with one attached hydrogen (secondary N) is 1. The average molecular weight is 350 g/mol. The van der Waals surface area contributed by atoms with Crippen molar-refractivity contribution in [3.05, 3.63) is 65.3 Å². The Morgan fingerprint density at radius 3 is 2.76 bits per heavy atom. The SMILES string of the molecule is Cc1nn(-c2ccccc2)c2sc(C(=O)Nc3ncccc3O)cc12. The van der Waals surface area contributed by atoms with Gasteiger partial charge in [-0.2, -0.15) is 5.10 Å². The van der Waals surface area contributed by atoms with Crippen LogP contribution in [0.15, 0.2) is 54.7 Å². The highest BCUT2D eigenvalue weighted by atomic mass is 32.1. The number of rotatable bonds is 3. The number of para-hydroxylation sites is 1. The molecule has 0 spiro atoms. The number of carbonyl (C=O) groups is 1. The molecule has 25 heavy (non-hydrogen) atoms. The smallest absolute Gasteiger partial charge is 0.267 e. The molecule has 0 saturated heterocycles. The number of carbonyl (C=O) groups excluding carboxylic acids is 1. The fourth-order valence-electron chi connectivity index (χ4n) is 2.57. The highest BCUT2D eigenvalue weighted by Gasteiger charge is 2.18. The van der Waals surface area contributed by atoms with Crippen LogP contribution >= 0.6 is 11.3 Å². The molecule has 124 valence electrons. The van der Waals surface area contributed by atoms with E-state index in [9.17, 15) is 9.90 Å². The normalized spacial score (nSPS) is 10.9. The summed E-state index contributed by atoms with van der Waals surface area (Å²) < 4.78 is 1.84. The predicted octanol–water partition coefficient (Wildman–Crippen LogP) is 3.75. The van der Waals surface area contributed by atoms with Crippen molar-refractivity contribution in [1.82, 2.24) is 14.8 Å². The van der Waals surface area contributed by atoms with E-state index in [1.807, 2.05) is 48.0 Å². The number of aromatic hydroxyl groups is 1. The lowest BCUT2D eigenvalue weighted by atomic mass is 10.3. The molecule has 1 aromatic carbocycles. The van der Waals surface area contributed by atoms with Crippen molar-refractivity contribution in [3.63, 3.8) is 0 Å². The highest BCUT2D eigenvalue weighted by Crippen LogP contribution is 2.31. The van der Waals surface area contributed by atoms with Crippen LogP contribution in [0, 0.1) is 6.92 Å². The van der Waals surface area contributed by atoms with E-state index in [-0.39, 0.29) is 17.5 Å². The molecule has 0 aliphatic heterocycles. The first-order chi connectivity index (χ1) is 12.1. The molecule has 0 fully saturated rings. The van der Waals surface area contributed by atoms with Gasteiger partial charge in [-0.1, -0.05) is 18.2 Å². The van der Waals surface area contributed by atoms with Crippen LogP contribution in [0.5, 0.6) is 5.75 Å². The van der Waals surface area contributed by atoms with Gasteiger partial charge < -0.3 is 10.4 Å². The number of fused-ring (bicyclic) bond motifs is 1. The van der Waals surface area contributed by atoms with Gasteiger partial charge in [-0.25, -0.2) is 9.67 Å². The number of pyridine rings is 1. The van der Waals surface area contributed by atoms with Gasteiger partial charge in [-0.05, 0) is 37.3 Å². The van der Waals surface area contributed by atoms with Crippen LogP contribution in [0.1, 0.15) is 15.4 Å². The first-order valence-electron chi connectivity index (χ1n) is 7.63. The maximum atomic E-state index is 12.5. The van der Waals surface area contributed by atoms with Crippen molar-refractivity contribution in [1.29, 1.82) is 0 Å². The van der Waals surface area contributed by atoms with Crippen LogP contribution in [0.2, 0.25) is 0 Å². The summed E-state index contributed by atoms with van der Waals surface area (Å²) in [4.78, 5) is 17.9. The van der Waals surface area contributed by atoms with Gasteiger partial charge in [-0.3, -0.25) is 4.79 Å². The number of aromatic nitrogens is 3. The summed E-state index contributed by atoms with van der Waals surface area (Å²) in [5.41, 5.74) is 1.80. The van der Waals surface area contributed by atoms with Gasteiger partial charge in [-0.15, -0.1) is 11.3 Å². The number of amides is 1. The molecule has 6 nitrogen and oxygen atoms in total. The van der Waals surface area contributed by atoms with Gasteiger partial charge in [0, 0.05) is 11.6 Å². The predicted molar refractivity (Wildman–Crippen MR) is 97.5 cm³/mol. The molecule has 3 heterocycles. The number of anilines is 1. The quantitative estimate of drug-likeness (QED) is 0.590. The number of aryl methyl sites for hydroxylation is 1. The van der Waals surface area contributed by atoms with Crippen LogP contribution in [0.4, 0.5) is 5.82 Å². The van der Waals surface area contributed by atoms with Gasteiger partial charge in [0.15, 0.2) is 11.6 Å². The van der Waals surface area contributed by atoms with E-state index in [0.29, 0.717) is 4.88 Å². The number of thiophene rings is 1. The van der Waals surface area contributed by atoms with Gasteiger partial charge in [0.25, 0.3) is 5.91 Å². The van der Waals surface area contributed by atoms with Crippen LogP contribution in [-0.4, -0.2) is 25.8 Å². The average Bonchev–Trinajstić information content (AvgIpc) is 3.19. The minimum atomic E-state index is -0.311. The Labute approximate surface area is 147 Å². The Hall–Kier alpha value is -3.19. The third-order valence-corrected chi connectivity index (χ3v) is 4.90. The number of nitrogens with zero attached hydrogens (tertiary/aromatic N) is 3. The maximum absolute atomic E-state index is 12.5. The monoisotopic (exact) mass is 350 g/mol. The van der Waals surface area contributed by atoms with E-state index in [4.69, 9.17) is 0 Å². The zero-order valence-electron chi connectivity index (χ0n) is 13.3. The fourth-order valence-corrected chi connectivity index (χ4v) is 3.64. The first kappa shape index (κ1) is 15.3. The van der Waals surface area contributed by atoms with Crippen molar-refractivity contribution >= 4 is 33.3 Å². The molecule has 0 aliphatic carbocycles. The van der Waals surface area contributed by atoms with Crippen LogP contribution < -0.4 is 5.32 Å². The lowest BCUT2D eigenvalue weighted by Crippen LogP contribution is -2.11. The summed E-state index contributed by atoms with van der Waals surface area (Å²) >= 11 is 1.35. The Morgan fingerprint density at radius 1 is 1.20 bits per heavy atom. The molecule has 2 N–H and O–H groups in total. The Balaban J connectivity index is 1.72. The number of hydrogen-bond acceptors (Lipinski definition) is 5. The molecule has 0 aliphatic rings. The third-order valence-electron chi connectivity index (χ3n) is 3.79. The van der Waals surface area contributed by atoms with Crippen molar-refractivity contribution < 1.29 is 9.90 Å². The Bertz CT molecular complexity index is 1070. The molecule has 0 atom stereocenters. The Morgan fingerprint density at radius 2 is 2.00 bits per heavy atom. The molecule has 4 aromatic rings. The van der Waals surface area contributed by atoms with Gasteiger partial charge >= 0.3 is 0 Å². The molecule has 0 radical (unpaired) electrons. The van der Waals surface area contributed by atoms with E-state index in [0.717, 1.165) is 21.6 Å². The standard InChI is InChI=1S/C18H14N4O2S/c1-11-13-10-15(17(24)20-16-14(23)8-5-9-19-16)25-18(13)22(21-11)12-6-3-2-4-7-12/h2-10,23H,1H3,(H,19,20,24). The highest BCUT2D eigenvalue weighted by molar-refractivity contribution is 7.20. The van der Waals surface area contributed by atoms with Crippen molar-refractivity contribution in [3.8, 4) is 11.4 Å². The molecule has 0 bridgehead atoms. The summed E-state index contributed by atoms with van der Waals surface area (Å²) in [5.74, 6) is -0.232. The van der Waals surface area contributed by atoms with Gasteiger partial charge in [0.2, 0.25) is 0 Å². The molecule has 7 heteroatoms. The van der Waals surface area contributed by atoms with E-state index in [1.54, 1.807) is 6.07 Å². The van der Waals surface area contributed by atoms with Gasteiger partial charge in [0.1, 0.15) is 4.83 Å². The summed E-state index contributed by atoms with van der Waals surface area (Å²) in [7, 11) is 0. The Kier molecular flexibility index (Phi) is 3.70. The third kappa shape index (κ3) is 2.74. The topological polar surface area (TPSA) is 80.0 Å². The maximum Gasteiger partial charge on any atom is 0.267 e. The minimum Gasteiger partial charge on any atom is -0.504 e. The van der Waals surface area contributed by atoms with Crippen LogP contribution in [0.25, 0.3) is 15.9 Å². The molecule has 3 aromatic heterocycles. The molecule has 0 saturated carbocycles. The number of benzene rings is 1. The zero-order valence-corrected chi connectivity index (χ0v) is 14.1. The summed E-state index contributed by atoms with van der Waals surface area (Å²) in [6, 6.07) is 14.7. The van der Waals surface area contributed by atoms with Crippen LogP contribution in [0.3, 0.4) is 0 Å².